The smallest absolute Gasteiger partial charge is 0.189 e. The van der Waals surface area contributed by atoms with Crippen molar-refractivity contribution in [3.05, 3.63) is 0 Å². The van der Waals surface area contributed by atoms with E-state index in [1.807, 2.05) is 27.7 Å². The molecule has 0 radical (unpaired) electrons. The van der Waals surface area contributed by atoms with Gasteiger partial charge in [-0.25, -0.2) is 0 Å². The van der Waals surface area contributed by atoms with Gasteiger partial charge in [0.2, 0.25) is 0 Å². The highest BCUT2D eigenvalue weighted by atomic mass is 16.3. The van der Waals surface area contributed by atoms with E-state index in [1.165, 1.54) is 0 Å². The number of nitrogens with zero attached hydrogens (tertiary/aromatic N) is 1. The first-order valence-electron chi connectivity index (χ1n) is 5.22. The maximum absolute atomic E-state index is 9.29. The van der Waals surface area contributed by atoms with Crippen molar-refractivity contribution < 1.29 is 5.11 Å². The minimum atomic E-state index is -0.317. The van der Waals surface area contributed by atoms with Crippen molar-refractivity contribution in [3.63, 3.8) is 0 Å². The number of guanidine groups is 1. The quantitative estimate of drug-likeness (QED) is 0.456. The fraction of sp³-hybridized carbons (Fsp3) is 0.900. The lowest BCUT2D eigenvalue weighted by Crippen LogP contribution is -2.53. The molecule has 0 atom stereocenters. The molecule has 0 aliphatic rings. The highest BCUT2D eigenvalue weighted by Gasteiger charge is 2.25. The van der Waals surface area contributed by atoms with Crippen LogP contribution in [0.5, 0.6) is 0 Å². The molecule has 4 N–H and O–H groups in total. The molecule has 0 fully saturated rings. The average molecular weight is 201 g/mol. The average Bonchev–Trinajstić information content (AvgIpc) is 2.13. The van der Waals surface area contributed by atoms with Crippen molar-refractivity contribution in [2.45, 2.75) is 52.1 Å². The maximum atomic E-state index is 9.29. The molecule has 0 amide bonds. The molecule has 0 heterocycles. The Bertz CT molecular complexity index is 178. The number of hydrogen-bond donors (Lipinski definition) is 3. The van der Waals surface area contributed by atoms with Gasteiger partial charge >= 0.3 is 0 Å². The molecule has 0 spiro atoms. The van der Waals surface area contributed by atoms with Gasteiger partial charge in [-0.2, -0.15) is 0 Å². The van der Waals surface area contributed by atoms with Gasteiger partial charge in [0.25, 0.3) is 0 Å². The van der Waals surface area contributed by atoms with Crippen molar-refractivity contribution in [1.29, 1.82) is 0 Å². The minimum absolute atomic E-state index is 0.0777. The Morgan fingerprint density at radius 1 is 1.43 bits per heavy atom. The predicted octanol–water partition coefficient (Wildman–Crippen LogP) is 0.850. The molecule has 0 aromatic heterocycles. The lowest BCUT2D eigenvalue weighted by molar-refractivity contribution is 0.169. The summed E-state index contributed by atoms with van der Waals surface area (Å²) in [4.78, 5) is 4.18. The summed E-state index contributed by atoms with van der Waals surface area (Å²) in [5.74, 6) is 0.415. The summed E-state index contributed by atoms with van der Waals surface area (Å²) in [6.07, 6.45) is 1.66. The first-order valence-corrected chi connectivity index (χ1v) is 5.22. The van der Waals surface area contributed by atoms with Gasteiger partial charge < -0.3 is 16.2 Å². The van der Waals surface area contributed by atoms with E-state index in [4.69, 9.17) is 5.73 Å². The van der Waals surface area contributed by atoms with Crippen LogP contribution in [0, 0.1) is 0 Å². The Labute approximate surface area is 86.6 Å². The fourth-order valence-corrected chi connectivity index (χ4v) is 1.27. The second-order valence-electron chi connectivity index (χ2n) is 3.88. The SMILES string of the molecule is CCC(CC)(CO)NC(N)=NC(C)C. The third-order valence-electron chi connectivity index (χ3n) is 2.45. The molecule has 0 saturated carbocycles. The highest BCUT2D eigenvalue weighted by molar-refractivity contribution is 5.78. The Hall–Kier alpha value is -0.770. The summed E-state index contributed by atoms with van der Waals surface area (Å²) in [5.41, 5.74) is 5.40. The molecule has 0 saturated heterocycles. The molecule has 84 valence electrons. The van der Waals surface area contributed by atoms with Crippen molar-refractivity contribution >= 4 is 5.96 Å². The van der Waals surface area contributed by atoms with E-state index in [0.717, 1.165) is 12.8 Å². The van der Waals surface area contributed by atoms with Crippen molar-refractivity contribution in [1.82, 2.24) is 5.32 Å². The van der Waals surface area contributed by atoms with Crippen molar-refractivity contribution in [3.8, 4) is 0 Å². The number of aliphatic hydroxyl groups excluding tert-OH is 1. The van der Waals surface area contributed by atoms with E-state index < -0.39 is 0 Å². The molecular weight excluding hydrogens is 178 g/mol. The van der Waals surface area contributed by atoms with Gasteiger partial charge in [0.1, 0.15) is 0 Å². The fourth-order valence-electron chi connectivity index (χ4n) is 1.27. The van der Waals surface area contributed by atoms with Gasteiger partial charge in [-0.1, -0.05) is 13.8 Å². The van der Waals surface area contributed by atoms with Crippen LogP contribution in [0.1, 0.15) is 40.5 Å². The third-order valence-corrected chi connectivity index (χ3v) is 2.45. The molecule has 0 unspecified atom stereocenters. The van der Waals surface area contributed by atoms with Gasteiger partial charge in [0.05, 0.1) is 12.1 Å². The Kier molecular flexibility index (Phi) is 5.53. The van der Waals surface area contributed by atoms with Crippen LogP contribution in [0.2, 0.25) is 0 Å². The number of rotatable bonds is 5. The molecule has 4 heteroatoms. The zero-order valence-electron chi connectivity index (χ0n) is 9.67. The molecule has 0 bridgehead atoms. The van der Waals surface area contributed by atoms with Gasteiger partial charge in [0.15, 0.2) is 5.96 Å². The molecule has 0 rings (SSSR count). The summed E-state index contributed by atoms with van der Waals surface area (Å²) >= 11 is 0. The molecule has 0 aliphatic heterocycles. The van der Waals surface area contributed by atoms with Crippen LogP contribution in [0.15, 0.2) is 4.99 Å². The highest BCUT2D eigenvalue weighted by Crippen LogP contribution is 2.13. The molecule has 4 nitrogen and oxygen atoms in total. The lowest BCUT2D eigenvalue weighted by atomic mass is 9.94. The Morgan fingerprint density at radius 2 is 1.93 bits per heavy atom. The normalized spacial score (nSPS) is 13.4. The van der Waals surface area contributed by atoms with Crippen molar-refractivity contribution in [2.75, 3.05) is 6.61 Å². The van der Waals surface area contributed by atoms with Crippen LogP contribution in [0.3, 0.4) is 0 Å². The summed E-state index contributed by atoms with van der Waals surface area (Å²) < 4.78 is 0. The number of nitrogens with one attached hydrogen (secondary N) is 1. The topological polar surface area (TPSA) is 70.6 Å². The van der Waals surface area contributed by atoms with Crippen LogP contribution in [0.25, 0.3) is 0 Å². The van der Waals surface area contributed by atoms with E-state index in [0.29, 0.717) is 5.96 Å². The van der Waals surface area contributed by atoms with Crippen LogP contribution in [-0.2, 0) is 0 Å². The molecule has 0 aromatic carbocycles. The Morgan fingerprint density at radius 3 is 2.21 bits per heavy atom. The van der Waals surface area contributed by atoms with Gasteiger partial charge in [-0.15, -0.1) is 0 Å². The number of aliphatic imine (C=N–C) groups is 1. The first-order chi connectivity index (χ1) is 6.49. The zero-order chi connectivity index (χ0) is 11.2. The van der Waals surface area contributed by atoms with Gasteiger partial charge in [0, 0.05) is 6.04 Å². The first kappa shape index (κ1) is 13.2. The van der Waals surface area contributed by atoms with Crippen molar-refractivity contribution in [2.24, 2.45) is 10.7 Å². The molecular formula is C10H23N3O. The van der Waals surface area contributed by atoms with Gasteiger partial charge in [-0.3, -0.25) is 4.99 Å². The van der Waals surface area contributed by atoms with E-state index in [1.54, 1.807) is 0 Å². The summed E-state index contributed by atoms with van der Waals surface area (Å²) in [6, 6.07) is 0.174. The monoisotopic (exact) mass is 201 g/mol. The van der Waals surface area contributed by atoms with Crippen LogP contribution in [-0.4, -0.2) is 29.3 Å². The second kappa shape index (κ2) is 5.86. The third kappa shape index (κ3) is 3.96. The predicted molar refractivity (Wildman–Crippen MR) is 60.3 cm³/mol. The van der Waals surface area contributed by atoms with Crippen LogP contribution >= 0.6 is 0 Å². The number of hydrogen-bond acceptors (Lipinski definition) is 2. The molecule has 0 aliphatic carbocycles. The summed E-state index contributed by atoms with van der Waals surface area (Å²) in [6.45, 7) is 8.05. The standard InChI is InChI=1S/C10H23N3O/c1-5-10(6-2,7-14)13-9(11)12-8(3)4/h8,14H,5-7H2,1-4H3,(H3,11,12,13). The maximum Gasteiger partial charge on any atom is 0.189 e. The number of aliphatic hydroxyl groups is 1. The second-order valence-corrected chi connectivity index (χ2v) is 3.88. The number of nitrogens with two attached hydrogens (primary N) is 1. The van der Waals surface area contributed by atoms with Crippen LogP contribution in [0.4, 0.5) is 0 Å². The molecule has 0 aromatic rings. The summed E-state index contributed by atoms with van der Waals surface area (Å²) in [5, 5.41) is 12.4. The largest absolute Gasteiger partial charge is 0.394 e. The van der Waals surface area contributed by atoms with Crippen LogP contribution < -0.4 is 11.1 Å². The van der Waals surface area contributed by atoms with Gasteiger partial charge in [-0.05, 0) is 26.7 Å². The Balaban J connectivity index is 4.44. The van der Waals surface area contributed by atoms with E-state index in [-0.39, 0.29) is 18.2 Å². The van der Waals surface area contributed by atoms with E-state index >= 15 is 0 Å². The van der Waals surface area contributed by atoms with E-state index in [2.05, 4.69) is 10.3 Å². The summed E-state index contributed by atoms with van der Waals surface area (Å²) in [7, 11) is 0. The minimum Gasteiger partial charge on any atom is -0.394 e. The van der Waals surface area contributed by atoms with E-state index in [9.17, 15) is 5.11 Å². The molecule has 14 heavy (non-hydrogen) atoms. The zero-order valence-corrected chi connectivity index (χ0v) is 9.67. The lowest BCUT2D eigenvalue weighted by Gasteiger charge is -2.31.